The largest absolute Gasteiger partial charge is 0.469 e. The molecule has 10 atom stereocenters. The highest BCUT2D eigenvalue weighted by Crippen LogP contribution is 2.52. The first-order valence-corrected chi connectivity index (χ1v) is 12.3. The summed E-state index contributed by atoms with van der Waals surface area (Å²) in [4.78, 5) is 23.8. The van der Waals surface area contributed by atoms with Gasteiger partial charge < -0.3 is 4.74 Å². The SMILES string of the molecule is COC(=O)C1CCC(C2CC(C)C(C3CCC(C(C)=O)CC3C)CC2C)C(C)C1. The first-order chi connectivity index (χ1) is 13.7. The van der Waals surface area contributed by atoms with Crippen LogP contribution >= 0.6 is 0 Å². The normalized spacial score (nSPS) is 46.1. The van der Waals surface area contributed by atoms with Crippen molar-refractivity contribution in [2.75, 3.05) is 7.11 Å². The van der Waals surface area contributed by atoms with Crippen LogP contribution in [0.15, 0.2) is 0 Å². The molecule has 3 saturated carbocycles. The number of ether oxygens (including phenoxy) is 1. The first kappa shape index (κ1) is 22.8. The number of carbonyl (C=O) groups is 2. The van der Waals surface area contributed by atoms with Crippen molar-refractivity contribution >= 4 is 11.8 Å². The van der Waals surface area contributed by atoms with Gasteiger partial charge in [-0.15, -0.1) is 0 Å². The molecule has 3 fully saturated rings. The van der Waals surface area contributed by atoms with E-state index in [0.29, 0.717) is 23.5 Å². The summed E-state index contributed by atoms with van der Waals surface area (Å²) in [6, 6.07) is 0. The molecule has 0 aromatic rings. The molecule has 29 heavy (non-hydrogen) atoms. The van der Waals surface area contributed by atoms with E-state index in [9.17, 15) is 9.59 Å². The molecule has 3 aliphatic carbocycles. The molecule has 10 unspecified atom stereocenters. The monoisotopic (exact) mass is 404 g/mol. The standard InChI is InChI=1S/C26H44O3/c1-15-11-20(19(5)27)7-9-22(15)24-13-18(4)25(14-17(24)3)23-10-8-21(12-16(23)2)26(28)29-6/h15-18,20-25H,7-14H2,1-6H3. The van der Waals surface area contributed by atoms with E-state index in [0.717, 1.165) is 61.2 Å². The molecule has 0 N–H and O–H groups in total. The molecule has 0 amide bonds. The Labute approximate surface area is 178 Å². The van der Waals surface area contributed by atoms with Gasteiger partial charge in [0.1, 0.15) is 5.78 Å². The summed E-state index contributed by atoms with van der Waals surface area (Å²) in [6.45, 7) is 11.5. The highest BCUT2D eigenvalue weighted by atomic mass is 16.5. The summed E-state index contributed by atoms with van der Waals surface area (Å²) in [7, 11) is 1.52. The molecule has 3 aliphatic rings. The summed E-state index contributed by atoms with van der Waals surface area (Å²) < 4.78 is 5.01. The van der Waals surface area contributed by atoms with Gasteiger partial charge in [0, 0.05) is 5.92 Å². The number of carbonyl (C=O) groups excluding carboxylic acids is 2. The second-order valence-corrected chi connectivity index (χ2v) is 11.2. The van der Waals surface area contributed by atoms with Crippen molar-refractivity contribution in [3.05, 3.63) is 0 Å². The van der Waals surface area contributed by atoms with Crippen LogP contribution in [0.4, 0.5) is 0 Å². The number of hydrogen-bond donors (Lipinski definition) is 0. The van der Waals surface area contributed by atoms with E-state index < -0.39 is 0 Å². The van der Waals surface area contributed by atoms with E-state index in [1.54, 1.807) is 6.92 Å². The Morgan fingerprint density at radius 1 is 0.621 bits per heavy atom. The van der Waals surface area contributed by atoms with Gasteiger partial charge >= 0.3 is 5.97 Å². The van der Waals surface area contributed by atoms with Crippen molar-refractivity contribution in [2.45, 2.75) is 86.0 Å². The fourth-order valence-corrected chi connectivity index (χ4v) is 7.73. The van der Waals surface area contributed by atoms with Gasteiger partial charge in [-0.25, -0.2) is 0 Å². The van der Waals surface area contributed by atoms with E-state index in [1.165, 1.54) is 32.8 Å². The molecule has 3 heteroatoms. The van der Waals surface area contributed by atoms with E-state index >= 15 is 0 Å². The quantitative estimate of drug-likeness (QED) is 0.528. The molecule has 0 aromatic carbocycles. The van der Waals surface area contributed by atoms with Crippen LogP contribution < -0.4 is 0 Å². The molecular formula is C26H44O3. The highest BCUT2D eigenvalue weighted by molar-refractivity contribution is 5.78. The highest BCUT2D eigenvalue weighted by Gasteiger charge is 2.45. The second kappa shape index (κ2) is 9.52. The lowest BCUT2D eigenvalue weighted by Crippen LogP contribution is -2.43. The maximum Gasteiger partial charge on any atom is 0.308 e. The number of Topliss-reactive ketones (excluding diaryl/α,β-unsaturated/α-hetero) is 1. The minimum absolute atomic E-state index is 0.00410. The average Bonchev–Trinajstić information content (AvgIpc) is 2.69. The minimum Gasteiger partial charge on any atom is -0.469 e. The van der Waals surface area contributed by atoms with Crippen molar-refractivity contribution < 1.29 is 14.3 Å². The molecule has 0 radical (unpaired) electrons. The number of hydrogen-bond acceptors (Lipinski definition) is 3. The topological polar surface area (TPSA) is 43.4 Å². The lowest BCUT2D eigenvalue weighted by Gasteiger charge is -2.50. The zero-order chi connectivity index (χ0) is 21.3. The maximum absolute atomic E-state index is 12.0. The summed E-state index contributed by atoms with van der Waals surface area (Å²) in [6.07, 6.45) is 9.37. The summed E-state index contributed by atoms with van der Waals surface area (Å²) in [5, 5.41) is 0. The van der Waals surface area contributed by atoms with Gasteiger partial charge in [0.15, 0.2) is 0 Å². The number of esters is 1. The maximum atomic E-state index is 12.0. The van der Waals surface area contributed by atoms with Crippen LogP contribution in [0.5, 0.6) is 0 Å². The van der Waals surface area contributed by atoms with Gasteiger partial charge in [0.2, 0.25) is 0 Å². The fourth-order valence-electron chi connectivity index (χ4n) is 7.73. The summed E-state index contributed by atoms with van der Waals surface area (Å²) >= 11 is 0. The van der Waals surface area contributed by atoms with Gasteiger partial charge in [0.05, 0.1) is 13.0 Å². The van der Waals surface area contributed by atoms with Crippen LogP contribution in [-0.4, -0.2) is 18.9 Å². The lowest BCUT2D eigenvalue weighted by molar-refractivity contribution is -0.148. The predicted octanol–water partition coefficient (Wildman–Crippen LogP) is 6.15. The smallest absolute Gasteiger partial charge is 0.308 e. The Hall–Kier alpha value is -0.860. The molecule has 3 rings (SSSR count). The van der Waals surface area contributed by atoms with Gasteiger partial charge in [-0.2, -0.15) is 0 Å². The molecule has 166 valence electrons. The van der Waals surface area contributed by atoms with Gasteiger partial charge in [0.25, 0.3) is 0 Å². The predicted molar refractivity (Wildman–Crippen MR) is 117 cm³/mol. The molecule has 0 heterocycles. The third kappa shape index (κ3) is 4.90. The van der Waals surface area contributed by atoms with Crippen LogP contribution in [0, 0.1) is 59.2 Å². The Kier molecular flexibility index (Phi) is 7.49. The van der Waals surface area contributed by atoms with E-state index in [1.807, 2.05) is 0 Å². The van der Waals surface area contributed by atoms with E-state index in [4.69, 9.17) is 4.74 Å². The van der Waals surface area contributed by atoms with E-state index in [2.05, 4.69) is 27.7 Å². The molecule has 0 aliphatic heterocycles. The molecule has 0 bridgehead atoms. The van der Waals surface area contributed by atoms with Gasteiger partial charge in [-0.1, -0.05) is 27.7 Å². The Bertz CT molecular complexity index is 585. The molecular weight excluding hydrogens is 360 g/mol. The molecule has 0 spiro atoms. The van der Waals surface area contributed by atoms with E-state index in [-0.39, 0.29) is 11.9 Å². The third-order valence-corrected chi connectivity index (χ3v) is 9.43. The number of rotatable bonds is 4. The summed E-state index contributed by atoms with van der Waals surface area (Å²) in [5.74, 6) is 6.88. The zero-order valence-corrected chi connectivity index (χ0v) is 19.7. The van der Waals surface area contributed by atoms with Crippen molar-refractivity contribution in [3.8, 4) is 0 Å². The number of ketones is 1. The van der Waals surface area contributed by atoms with Crippen molar-refractivity contribution in [1.82, 2.24) is 0 Å². The van der Waals surface area contributed by atoms with Crippen LogP contribution in [0.3, 0.4) is 0 Å². The zero-order valence-electron chi connectivity index (χ0n) is 19.7. The molecule has 3 nitrogen and oxygen atoms in total. The van der Waals surface area contributed by atoms with Gasteiger partial charge in [-0.05, 0) is 106 Å². The lowest BCUT2D eigenvalue weighted by atomic mass is 9.55. The van der Waals surface area contributed by atoms with Crippen LogP contribution in [-0.2, 0) is 14.3 Å². The van der Waals surface area contributed by atoms with Crippen LogP contribution in [0.1, 0.15) is 86.0 Å². The van der Waals surface area contributed by atoms with Crippen molar-refractivity contribution in [1.29, 1.82) is 0 Å². The second-order valence-electron chi connectivity index (χ2n) is 11.2. The Morgan fingerprint density at radius 2 is 1.03 bits per heavy atom. The molecule has 0 saturated heterocycles. The first-order valence-electron chi connectivity index (χ1n) is 12.3. The Morgan fingerprint density at radius 3 is 1.45 bits per heavy atom. The fraction of sp³-hybridized carbons (Fsp3) is 0.923. The minimum atomic E-state index is -0.00410. The average molecular weight is 405 g/mol. The third-order valence-electron chi connectivity index (χ3n) is 9.43. The Balaban J connectivity index is 1.60. The van der Waals surface area contributed by atoms with Crippen molar-refractivity contribution in [2.24, 2.45) is 59.2 Å². The molecule has 0 aromatic heterocycles. The van der Waals surface area contributed by atoms with Crippen LogP contribution in [0.25, 0.3) is 0 Å². The number of methoxy groups -OCH3 is 1. The van der Waals surface area contributed by atoms with Crippen LogP contribution in [0.2, 0.25) is 0 Å². The van der Waals surface area contributed by atoms with Gasteiger partial charge in [-0.3, -0.25) is 9.59 Å². The van der Waals surface area contributed by atoms with Crippen molar-refractivity contribution in [3.63, 3.8) is 0 Å². The summed E-state index contributed by atoms with van der Waals surface area (Å²) in [5.41, 5.74) is 0.